The summed E-state index contributed by atoms with van der Waals surface area (Å²) in [6.07, 6.45) is 6.39. The normalized spacial score (nSPS) is 16.7. The Balaban J connectivity index is 1.58. The van der Waals surface area contributed by atoms with Crippen molar-refractivity contribution in [3.8, 4) is 5.69 Å². The molecule has 29 heavy (non-hydrogen) atoms. The molecule has 1 unspecified atom stereocenters. The van der Waals surface area contributed by atoms with Crippen molar-refractivity contribution in [2.24, 2.45) is 0 Å². The van der Waals surface area contributed by atoms with Gasteiger partial charge in [0.15, 0.2) is 0 Å². The Morgan fingerprint density at radius 1 is 1.21 bits per heavy atom. The molecular formula is C20H22FN7O. The molecule has 0 N–H and O–H groups in total. The highest BCUT2D eigenvalue weighted by molar-refractivity contribution is 5.97. The molecule has 1 aliphatic heterocycles. The van der Waals surface area contributed by atoms with Crippen molar-refractivity contribution in [1.82, 2.24) is 29.9 Å². The molecule has 1 atom stereocenters. The molecule has 150 valence electrons. The topological polar surface area (TPSA) is 80.0 Å². The van der Waals surface area contributed by atoms with Crippen LogP contribution >= 0.6 is 0 Å². The van der Waals surface area contributed by atoms with Crippen LogP contribution in [0.4, 0.5) is 10.2 Å². The number of rotatable bonds is 4. The summed E-state index contributed by atoms with van der Waals surface area (Å²) in [6, 6.07) is 6.12. The Morgan fingerprint density at radius 2 is 2.00 bits per heavy atom. The van der Waals surface area contributed by atoms with Gasteiger partial charge >= 0.3 is 0 Å². The lowest BCUT2D eigenvalue weighted by Gasteiger charge is -2.38. The molecule has 3 aromatic rings. The molecular weight excluding hydrogens is 373 g/mol. The number of piperidine rings is 1. The molecule has 1 amide bonds. The lowest BCUT2D eigenvalue weighted by molar-refractivity contribution is 0.0706. The maximum absolute atomic E-state index is 13.9. The maximum atomic E-state index is 13.9. The van der Waals surface area contributed by atoms with E-state index < -0.39 is 5.82 Å². The summed E-state index contributed by atoms with van der Waals surface area (Å²) in [4.78, 5) is 26.9. The van der Waals surface area contributed by atoms with E-state index in [4.69, 9.17) is 0 Å². The summed E-state index contributed by atoms with van der Waals surface area (Å²) in [5, 5.41) is 8.17. The number of nitrogens with zero attached hydrogens (tertiary/aromatic N) is 7. The van der Waals surface area contributed by atoms with Gasteiger partial charge < -0.3 is 9.80 Å². The Labute approximate surface area is 168 Å². The highest BCUT2D eigenvalue weighted by Crippen LogP contribution is 2.23. The molecule has 3 heterocycles. The summed E-state index contributed by atoms with van der Waals surface area (Å²) in [6.45, 7) is 3.07. The van der Waals surface area contributed by atoms with Crippen molar-refractivity contribution in [3.05, 3.63) is 60.1 Å². The fraction of sp³-hybridized carbons (Fsp3) is 0.350. The number of benzene rings is 1. The van der Waals surface area contributed by atoms with E-state index in [0.29, 0.717) is 18.8 Å². The van der Waals surface area contributed by atoms with Crippen LogP contribution in [0, 0.1) is 12.7 Å². The van der Waals surface area contributed by atoms with Crippen LogP contribution in [0.3, 0.4) is 0 Å². The van der Waals surface area contributed by atoms with Crippen LogP contribution in [0.15, 0.2) is 43.0 Å². The van der Waals surface area contributed by atoms with Crippen LogP contribution in [-0.4, -0.2) is 61.9 Å². The molecule has 1 aliphatic rings. The zero-order valence-electron chi connectivity index (χ0n) is 16.4. The molecule has 0 bridgehead atoms. The van der Waals surface area contributed by atoms with E-state index in [1.54, 1.807) is 11.2 Å². The average Bonchev–Trinajstić information content (AvgIpc) is 3.27. The van der Waals surface area contributed by atoms with Crippen molar-refractivity contribution in [1.29, 1.82) is 0 Å². The number of likely N-dealkylation sites (tertiary alicyclic amines) is 1. The first-order valence-corrected chi connectivity index (χ1v) is 9.50. The number of aryl methyl sites for hydroxylation is 1. The van der Waals surface area contributed by atoms with Gasteiger partial charge in [-0.15, -0.1) is 0 Å². The first-order chi connectivity index (χ1) is 14.0. The van der Waals surface area contributed by atoms with Crippen molar-refractivity contribution in [2.75, 3.05) is 25.0 Å². The van der Waals surface area contributed by atoms with Gasteiger partial charge in [0.1, 0.15) is 18.0 Å². The summed E-state index contributed by atoms with van der Waals surface area (Å²) < 4.78 is 13.9. The van der Waals surface area contributed by atoms with E-state index in [9.17, 15) is 9.18 Å². The third kappa shape index (κ3) is 3.94. The summed E-state index contributed by atoms with van der Waals surface area (Å²) in [5.41, 5.74) is 1.60. The van der Waals surface area contributed by atoms with Crippen LogP contribution in [0.25, 0.3) is 5.69 Å². The van der Waals surface area contributed by atoms with E-state index in [0.717, 1.165) is 24.4 Å². The van der Waals surface area contributed by atoms with E-state index in [1.807, 2.05) is 20.0 Å². The van der Waals surface area contributed by atoms with E-state index in [2.05, 4.69) is 25.1 Å². The van der Waals surface area contributed by atoms with Gasteiger partial charge in [-0.05, 0) is 38.0 Å². The van der Waals surface area contributed by atoms with Crippen LogP contribution in [0.2, 0.25) is 0 Å². The minimum absolute atomic E-state index is 0.113. The second-order valence-corrected chi connectivity index (χ2v) is 7.16. The molecule has 8 nitrogen and oxygen atoms in total. The fourth-order valence-corrected chi connectivity index (χ4v) is 3.64. The number of carbonyl (C=O) groups is 1. The molecule has 4 rings (SSSR count). The average molecular weight is 395 g/mol. The number of carbonyl (C=O) groups excluding carboxylic acids is 1. The molecule has 2 aromatic heterocycles. The van der Waals surface area contributed by atoms with Gasteiger partial charge in [-0.25, -0.2) is 14.4 Å². The van der Waals surface area contributed by atoms with Gasteiger partial charge in [0.2, 0.25) is 0 Å². The monoisotopic (exact) mass is 395 g/mol. The SMILES string of the molecule is Cc1cc(N(C)C2CCCN(C(=O)c3cc(F)ccc3-n3nccn3)C2)ncn1. The quantitative estimate of drug-likeness (QED) is 0.674. The van der Waals surface area contributed by atoms with E-state index >= 15 is 0 Å². The van der Waals surface area contributed by atoms with E-state index in [-0.39, 0.29) is 17.5 Å². The number of anilines is 1. The third-order valence-electron chi connectivity index (χ3n) is 5.21. The molecule has 1 aromatic carbocycles. The number of aromatic nitrogens is 5. The Hall–Kier alpha value is -3.36. The second-order valence-electron chi connectivity index (χ2n) is 7.16. The van der Waals surface area contributed by atoms with Gasteiger partial charge in [-0.2, -0.15) is 15.0 Å². The lowest BCUT2D eigenvalue weighted by Crippen LogP contribution is -2.49. The van der Waals surface area contributed by atoms with Crippen molar-refractivity contribution in [3.63, 3.8) is 0 Å². The molecule has 0 spiro atoms. The Kier molecular flexibility index (Phi) is 5.20. The smallest absolute Gasteiger partial charge is 0.256 e. The molecule has 1 fully saturated rings. The van der Waals surface area contributed by atoms with Crippen LogP contribution in [-0.2, 0) is 0 Å². The molecule has 0 radical (unpaired) electrons. The number of amides is 1. The van der Waals surface area contributed by atoms with Gasteiger partial charge in [-0.1, -0.05) is 0 Å². The molecule has 9 heteroatoms. The number of likely N-dealkylation sites (N-methyl/N-ethyl adjacent to an activating group) is 1. The predicted octanol–water partition coefficient (Wildman–Crippen LogP) is 2.25. The third-order valence-corrected chi connectivity index (χ3v) is 5.21. The zero-order chi connectivity index (χ0) is 20.4. The highest BCUT2D eigenvalue weighted by Gasteiger charge is 2.29. The van der Waals surface area contributed by atoms with Crippen molar-refractivity contribution < 1.29 is 9.18 Å². The molecule has 1 saturated heterocycles. The first-order valence-electron chi connectivity index (χ1n) is 9.50. The number of halogens is 1. The predicted molar refractivity (Wildman–Crippen MR) is 105 cm³/mol. The largest absolute Gasteiger partial charge is 0.355 e. The van der Waals surface area contributed by atoms with E-state index in [1.165, 1.54) is 35.4 Å². The van der Waals surface area contributed by atoms with Gasteiger partial charge in [0, 0.05) is 37.9 Å². The summed E-state index contributed by atoms with van der Waals surface area (Å²) >= 11 is 0. The summed E-state index contributed by atoms with van der Waals surface area (Å²) in [7, 11) is 1.97. The van der Waals surface area contributed by atoms with Crippen LogP contribution in [0.1, 0.15) is 28.9 Å². The maximum Gasteiger partial charge on any atom is 0.256 e. The second kappa shape index (κ2) is 7.94. The highest BCUT2D eigenvalue weighted by atomic mass is 19.1. The molecule has 0 aliphatic carbocycles. The standard InChI is InChI=1S/C20H22FN7O/c1-14-10-19(23-13-22-14)26(2)16-4-3-9-27(12-16)20(29)17-11-15(21)5-6-18(17)28-24-7-8-25-28/h5-8,10-11,13,16H,3-4,9,12H2,1-2H3. The minimum Gasteiger partial charge on any atom is -0.355 e. The Bertz CT molecular complexity index is 1010. The molecule has 0 saturated carbocycles. The number of hydrogen-bond donors (Lipinski definition) is 0. The minimum atomic E-state index is -0.466. The first kappa shape index (κ1) is 19.0. The van der Waals surface area contributed by atoms with Crippen molar-refractivity contribution in [2.45, 2.75) is 25.8 Å². The van der Waals surface area contributed by atoms with Gasteiger partial charge in [-0.3, -0.25) is 4.79 Å². The lowest BCUT2D eigenvalue weighted by atomic mass is 10.0. The van der Waals surface area contributed by atoms with Crippen LogP contribution in [0.5, 0.6) is 0 Å². The fourth-order valence-electron chi connectivity index (χ4n) is 3.64. The summed E-state index contributed by atoms with van der Waals surface area (Å²) in [5.74, 6) is 0.129. The van der Waals surface area contributed by atoms with Gasteiger partial charge in [0.05, 0.1) is 23.6 Å². The van der Waals surface area contributed by atoms with Gasteiger partial charge in [0.25, 0.3) is 5.91 Å². The van der Waals surface area contributed by atoms with Crippen molar-refractivity contribution >= 4 is 11.7 Å². The Morgan fingerprint density at radius 3 is 2.76 bits per heavy atom. The zero-order valence-corrected chi connectivity index (χ0v) is 16.4. The number of hydrogen-bond acceptors (Lipinski definition) is 6. The van der Waals surface area contributed by atoms with Crippen LogP contribution < -0.4 is 4.90 Å².